The van der Waals surface area contributed by atoms with Crippen molar-refractivity contribution in [3.63, 3.8) is 0 Å². The van der Waals surface area contributed by atoms with Gasteiger partial charge in [-0.05, 0) is 22.0 Å². The fourth-order valence-electron chi connectivity index (χ4n) is 1.30. The highest BCUT2D eigenvalue weighted by Crippen LogP contribution is 2.20. The number of rotatable bonds is 3. The van der Waals surface area contributed by atoms with Crippen LogP contribution in [0.15, 0.2) is 16.7 Å². The first-order valence-corrected chi connectivity index (χ1v) is 5.21. The SMILES string of the molecule is COc1ccc2nc(CC(=O)O)c(Br)n2n1. The highest BCUT2D eigenvalue weighted by molar-refractivity contribution is 9.10. The predicted octanol–water partition coefficient (Wildman–Crippen LogP) is 1.13. The van der Waals surface area contributed by atoms with E-state index in [4.69, 9.17) is 9.84 Å². The summed E-state index contributed by atoms with van der Waals surface area (Å²) in [6, 6.07) is 3.38. The zero-order chi connectivity index (χ0) is 11.7. The zero-order valence-electron chi connectivity index (χ0n) is 8.35. The van der Waals surface area contributed by atoms with E-state index < -0.39 is 5.97 Å². The highest BCUT2D eigenvalue weighted by Gasteiger charge is 2.14. The van der Waals surface area contributed by atoms with Gasteiger partial charge in [0.15, 0.2) is 5.65 Å². The third kappa shape index (κ3) is 1.85. The molecule has 0 aliphatic carbocycles. The van der Waals surface area contributed by atoms with Gasteiger partial charge >= 0.3 is 5.97 Å². The van der Waals surface area contributed by atoms with Gasteiger partial charge in [0.1, 0.15) is 4.60 Å². The van der Waals surface area contributed by atoms with Gasteiger partial charge in [-0.1, -0.05) is 0 Å². The van der Waals surface area contributed by atoms with Gasteiger partial charge in [-0.15, -0.1) is 5.10 Å². The highest BCUT2D eigenvalue weighted by atomic mass is 79.9. The lowest BCUT2D eigenvalue weighted by molar-refractivity contribution is -0.136. The number of aliphatic carboxylic acids is 1. The maximum Gasteiger partial charge on any atom is 0.309 e. The number of methoxy groups -OCH3 is 1. The summed E-state index contributed by atoms with van der Waals surface area (Å²) in [4.78, 5) is 14.8. The molecule has 6 nitrogen and oxygen atoms in total. The van der Waals surface area contributed by atoms with Gasteiger partial charge in [-0.3, -0.25) is 4.79 Å². The first-order valence-electron chi connectivity index (χ1n) is 4.41. The summed E-state index contributed by atoms with van der Waals surface area (Å²) in [6.07, 6.45) is -0.147. The first-order chi connectivity index (χ1) is 7.61. The molecule has 2 aromatic rings. The van der Waals surface area contributed by atoms with Crippen molar-refractivity contribution in [2.24, 2.45) is 0 Å². The van der Waals surface area contributed by atoms with Crippen molar-refractivity contribution in [3.8, 4) is 5.88 Å². The van der Waals surface area contributed by atoms with Crippen molar-refractivity contribution in [2.75, 3.05) is 7.11 Å². The average molecular weight is 286 g/mol. The van der Waals surface area contributed by atoms with E-state index >= 15 is 0 Å². The summed E-state index contributed by atoms with van der Waals surface area (Å²) >= 11 is 3.26. The van der Waals surface area contributed by atoms with E-state index in [0.29, 0.717) is 21.8 Å². The summed E-state index contributed by atoms with van der Waals surface area (Å²) in [5, 5.41) is 12.8. The Bertz CT molecular complexity index is 552. The molecule has 0 bridgehead atoms. The molecule has 0 saturated heterocycles. The van der Waals surface area contributed by atoms with Crippen molar-refractivity contribution in [2.45, 2.75) is 6.42 Å². The normalized spacial score (nSPS) is 10.6. The number of carboxylic acids is 1. The van der Waals surface area contributed by atoms with Crippen molar-refractivity contribution in [1.29, 1.82) is 0 Å². The Morgan fingerprint density at radius 2 is 2.38 bits per heavy atom. The summed E-state index contributed by atoms with van der Waals surface area (Å²) in [5.74, 6) is -0.497. The van der Waals surface area contributed by atoms with Crippen molar-refractivity contribution in [3.05, 3.63) is 22.4 Å². The van der Waals surface area contributed by atoms with E-state index in [0.717, 1.165) is 0 Å². The fraction of sp³-hybridized carbons (Fsp3) is 0.222. The Labute approximate surface area is 99.0 Å². The van der Waals surface area contributed by atoms with Crippen LogP contribution in [-0.4, -0.2) is 32.8 Å². The molecular weight excluding hydrogens is 278 g/mol. The van der Waals surface area contributed by atoms with Crippen molar-refractivity contribution < 1.29 is 14.6 Å². The van der Waals surface area contributed by atoms with Gasteiger partial charge in [0, 0.05) is 6.07 Å². The summed E-state index contributed by atoms with van der Waals surface area (Å²) in [6.45, 7) is 0. The van der Waals surface area contributed by atoms with E-state index in [-0.39, 0.29) is 6.42 Å². The van der Waals surface area contributed by atoms with Crippen LogP contribution in [0.25, 0.3) is 5.65 Å². The van der Waals surface area contributed by atoms with Crippen molar-refractivity contribution in [1.82, 2.24) is 14.6 Å². The van der Waals surface area contributed by atoms with Gasteiger partial charge in [0.2, 0.25) is 5.88 Å². The standard InChI is InChI=1S/C9H8BrN3O3/c1-16-7-3-2-6-11-5(4-8(14)15)9(10)13(6)12-7/h2-3H,4H2,1H3,(H,14,15). The Hall–Kier alpha value is -1.63. The Morgan fingerprint density at radius 3 is 3.00 bits per heavy atom. The van der Waals surface area contributed by atoms with Crippen LogP contribution in [-0.2, 0) is 11.2 Å². The average Bonchev–Trinajstić information content (AvgIpc) is 2.55. The number of hydrogen-bond acceptors (Lipinski definition) is 4. The molecule has 0 aliphatic rings. The third-order valence-corrected chi connectivity index (χ3v) is 2.79. The second-order valence-corrected chi connectivity index (χ2v) is 3.82. The number of ether oxygens (including phenoxy) is 1. The van der Waals surface area contributed by atoms with Crippen LogP contribution in [0.5, 0.6) is 5.88 Å². The molecule has 2 rings (SSSR count). The molecule has 0 atom stereocenters. The zero-order valence-corrected chi connectivity index (χ0v) is 9.93. The number of fused-ring (bicyclic) bond motifs is 1. The molecule has 0 spiro atoms. The van der Waals surface area contributed by atoms with Crippen molar-refractivity contribution >= 4 is 27.5 Å². The van der Waals surface area contributed by atoms with Crippen LogP contribution in [0.4, 0.5) is 0 Å². The van der Waals surface area contributed by atoms with Gasteiger partial charge in [-0.2, -0.15) is 0 Å². The van der Waals surface area contributed by atoms with Crippen LogP contribution >= 0.6 is 15.9 Å². The number of carboxylic acid groups (broad SMARTS) is 1. The maximum atomic E-state index is 10.6. The van der Waals surface area contributed by atoms with E-state index in [2.05, 4.69) is 26.0 Å². The van der Waals surface area contributed by atoms with E-state index in [1.807, 2.05) is 0 Å². The molecule has 7 heteroatoms. The third-order valence-electron chi connectivity index (χ3n) is 1.99. The van der Waals surface area contributed by atoms with Gasteiger partial charge in [-0.25, -0.2) is 9.50 Å². The lowest BCUT2D eigenvalue weighted by Gasteiger charge is -1.98. The lowest BCUT2D eigenvalue weighted by atomic mass is 10.3. The maximum absolute atomic E-state index is 10.6. The minimum atomic E-state index is -0.934. The number of aromatic nitrogens is 3. The molecule has 0 amide bonds. The van der Waals surface area contributed by atoms with Crippen LogP contribution in [0, 0.1) is 0 Å². The predicted molar refractivity (Wildman–Crippen MR) is 58.6 cm³/mol. The molecule has 1 N–H and O–H groups in total. The summed E-state index contributed by atoms with van der Waals surface area (Å²) in [5.41, 5.74) is 1.01. The van der Waals surface area contributed by atoms with Gasteiger partial charge < -0.3 is 9.84 Å². The molecule has 2 heterocycles. The number of nitrogens with zero attached hydrogens (tertiary/aromatic N) is 3. The number of imidazole rings is 1. The molecule has 0 aliphatic heterocycles. The molecule has 0 saturated carbocycles. The van der Waals surface area contributed by atoms with Crippen LogP contribution < -0.4 is 4.74 Å². The molecule has 2 aromatic heterocycles. The molecular formula is C9H8BrN3O3. The summed E-state index contributed by atoms with van der Waals surface area (Å²) < 4.78 is 7.00. The van der Waals surface area contributed by atoms with Crippen LogP contribution in [0.2, 0.25) is 0 Å². The van der Waals surface area contributed by atoms with Crippen LogP contribution in [0.1, 0.15) is 5.69 Å². The van der Waals surface area contributed by atoms with E-state index in [1.54, 1.807) is 12.1 Å². The fourth-order valence-corrected chi connectivity index (χ4v) is 1.79. The second-order valence-electron chi connectivity index (χ2n) is 3.07. The number of hydrogen-bond donors (Lipinski definition) is 1. The van der Waals surface area contributed by atoms with Crippen LogP contribution in [0.3, 0.4) is 0 Å². The molecule has 0 aromatic carbocycles. The molecule has 84 valence electrons. The Morgan fingerprint density at radius 1 is 1.62 bits per heavy atom. The quantitative estimate of drug-likeness (QED) is 0.915. The number of halogens is 1. The Kier molecular flexibility index (Phi) is 2.78. The monoisotopic (exact) mass is 285 g/mol. The topological polar surface area (TPSA) is 76.7 Å². The molecule has 0 fully saturated rings. The number of carbonyl (C=O) groups is 1. The van der Waals surface area contributed by atoms with Gasteiger partial charge in [0.05, 0.1) is 19.2 Å². The molecule has 16 heavy (non-hydrogen) atoms. The first kappa shape index (κ1) is 10.9. The lowest BCUT2D eigenvalue weighted by Crippen LogP contribution is -2.01. The summed E-state index contributed by atoms with van der Waals surface area (Å²) in [7, 11) is 1.51. The minimum Gasteiger partial charge on any atom is -0.481 e. The largest absolute Gasteiger partial charge is 0.481 e. The molecule has 0 unspecified atom stereocenters. The van der Waals surface area contributed by atoms with Gasteiger partial charge in [0.25, 0.3) is 0 Å². The minimum absolute atomic E-state index is 0.147. The van der Waals surface area contributed by atoms with E-state index in [1.165, 1.54) is 11.6 Å². The van der Waals surface area contributed by atoms with E-state index in [9.17, 15) is 4.79 Å². The second kappa shape index (κ2) is 4.09. The smallest absolute Gasteiger partial charge is 0.309 e. The Balaban J connectivity index is 2.54. The molecule has 0 radical (unpaired) electrons.